The summed E-state index contributed by atoms with van der Waals surface area (Å²) in [6.07, 6.45) is -0.962. The van der Waals surface area contributed by atoms with E-state index in [1.807, 2.05) is 0 Å². The monoisotopic (exact) mass is 250 g/mol. The first-order valence-corrected chi connectivity index (χ1v) is 4.79. The van der Waals surface area contributed by atoms with Crippen LogP contribution in [0, 0.1) is 10.1 Å². The van der Waals surface area contributed by atoms with Crippen LogP contribution in [0.2, 0.25) is 0 Å². The fraction of sp³-hybridized carbons (Fsp3) is 0.750. The maximum Gasteiger partial charge on any atom is 0.324 e. The highest BCUT2D eigenvalue weighted by atomic mass is 16.9. The van der Waals surface area contributed by atoms with Gasteiger partial charge in [0.05, 0.1) is 6.61 Å². The lowest BCUT2D eigenvalue weighted by Crippen LogP contribution is -2.42. The molecule has 0 aromatic heterocycles. The minimum Gasteiger partial charge on any atom is -0.480 e. The second-order valence-electron chi connectivity index (χ2n) is 3.22. The Bertz CT molecular complexity index is 294. The van der Waals surface area contributed by atoms with Crippen LogP contribution in [0.1, 0.15) is 19.8 Å². The zero-order valence-electron chi connectivity index (χ0n) is 9.20. The van der Waals surface area contributed by atoms with E-state index in [9.17, 15) is 19.7 Å². The van der Waals surface area contributed by atoms with Crippen molar-refractivity contribution in [1.29, 1.82) is 0 Å². The summed E-state index contributed by atoms with van der Waals surface area (Å²) in [7, 11) is 0. The molecule has 0 aliphatic heterocycles. The molecule has 17 heavy (non-hydrogen) atoms. The van der Waals surface area contributed by atoms with Gasteiger partial charge in [-0.05, 0) is 13.3 Å². The summed E-state index contributed by atoms with van der Waals surface area (Å²) in [4.78, 5) is 35.3. The Morgan fingerprint density at radius 3 is 2.59 bits per heavy atom. The van der Waals surface area contributed by atoms with Crippen LogP contribution in [0.5, 0.6) is 0 Å². The number of ether oxygens (including phenoxy) is 1. The Kier molecular flexibility index (Phi) is 6.56. The molecule has 0 aliphatic rings. The number of carbonyl (C=O) groups is 2. The Morgan fingerprint density at radius 1 is 1.53 bits per heavy atom. The van der Waals surface area contributed by atoms with Crippen molar-refractivity contribution in [3.63, 3.8) is 0 Å². The summed E-state index contributed by atoms with van der Waals surface area (Å²) in [5, 5.41) is 17.3. The molecule has 0 aromatic carbocycles. The van der Waals surface area contributed by atoms with Crippen LogP contribution < -0.4 is 5.73 Å². The highest BCUT2D eigenvalue weighted by Crippen LogP contribution is 2.01. The van der Waals surface area contributed by atoms with Crippen LogP contribution in [0.15, 0.2) is 0 Å². The zero-order valence-corrected chi connectivity index (χ0v) is 9.20. The second kappa shape index (κ2) is 7.39. The maximum absolute atomic E-state index is 11.1. The number of hydrogen-bond acceptors (Lipinski definition) is 7. The van der Waals surface area contributed by atoms with E-state index >= 15 is 0 Å². The van der Waals surface area contributed by atoms with Crippen molar-refractivity contribution in [3.05, 3.63) is 10.1 Å². The first kappa shape index (κ1) is 15.1. The molecule has 9 nitrogen and oxygen atoms in total. The minimum absolute atomic E-state index is 0.106. The van der Waals surface area contributed by atoms with Gasteiger partial charge in [0.15, 0.2) is 0 Å². The average Bonchev–Trinajstić information content (AvgIpc) is 2.22. The Balaban J connectivity index is 3.78. The molecule has 0 aliphatic carbocycles. The average molecular weight is 250 g/mol. The highest BCUT2D eigenvalue weighted by molar-refractivity contribution is 5.75. The lowest BCUT2D eigenvalue weighted by atomic mass is 10.2. The normalized spacial score (nSPS) is 13.5. The summed E-state index contributed by atoms with van der Waals surface area (Å²) in [6, 6.07) is -1.30. The molecule has 2 atom stereocenters. The van der Waals surface area contributed by atoms with Gasteiger partial charge in [0.25, 0.3) is 5.09 Å². The summed E-state index contributed by atoms with van der Waals surface area (Å²) < 4.78 is 4.71. The third-order valence-electron chi connectivity index (χ3n) is 1.83. The second-order valence-corrected chi connectivity index (χ2v) is 3.22. The third-order valence-corrected chi connectivity index (χ3v) is 1.83. The molecule has 0 amide bonds. The number of aliphatic carboxylic acids is 1. The van der Waals surface area contributed by atoms with E-state index in [2.05, 4.69) is 4.84 Å². The standard InChI is InChI=1S/C8H14N2O7/c1-5(7(9)8(12)13)17-6(11)3-2-4-16-10(14)15/h5,7H,2-4,9H2,1H3,(H,12,13). The van der Waals surface area contributed by atoms with Gasteiger partial charge in [-0.2, -0.15) is 0 Å². The van der Waals surface area contributed by atoms with Gasteiger partial charge in [-0.15, -0.1) is 10.1 Å². The van der Waals surface area contributed by atoms with Crippen molar-refractivity contribution < 1.29 is 29.4 Å². The molecule has 0 spiro atoms. The molecule has 9 heteroatoms. The van der Waals surface area contributed by atoms with Crippen LogP contribution >= 0.6 is 0 Å². The van der Waals surface area contributed by atoms with Gasteiger partial charge in [-0.25, -0.2) is 0 Å². The maximum atomic E-state index is 11.1. The topological polar surface area (TPSA) is 142 Å². The van der Waals surface area contributed by atoms with Crippen molar-refractivity contribution in [2.75, 3.05) is 6.61 Å². The van der Waals surface area contributed by atoms with Gasteiger partial charge in [0.2, 0.25) is 0 Å². The zero-order chi connectivity index (χ0) is 13.4. The lowest BCUT2D eigenvalue weighted by Gasteiger charge is -2.16. The first-order chi connectivity index (χ1) is 7.84. The van der Waals surface area contributed by atoms with Crippen LogP contribution in [0.3, 0.4) is 0 Å². The molecule has 0 saturated heterocycles. The summed E-state index contributed by atoms with van der Waals surface area (Å²) in [5.41, 5.74) is 5.21. The van der Waals surface area contributed by atoms with Crippen LogP contribution in [-0.4, -0.2) is 40.9 Å². The number of carbonyl (C=O) groups excluding carboxylic acids is 1. The van der Waals surface area contributed by atoms with Gasteiger partial charge in [0.1, 0.15) is 12.1 Å². The first-order valence-electron chi connectivity index (χ1n) is 4.79. The third kappa shape index (κ3) is 7.06. The Hall–Kier alpha value is -1.90. The molecule has 98 valence electrons. The molecular formula is C8H14N2O7. The lowest BCUT2D eigenvalue weighted by molar-refractivity contribution is -0.757. The van der Waals surface area contributed by atoms with E-state index in [0.717, 1.165) is 0 Å². The Labute approximate surface area is 96.6 Å². The quantitative estimate of drug-likeness (QED) is 0.249. The van der Waals surface area contributed by atoms with E-state index in [4.69, 9.17) is 15.6 Å². The molecule has 0 rings (SSSR count). The van der Waals surface area contributed by atoms with Crippen LogP contribution in [-0.2, 0) is 19.2 Å². The Morgan fingerprint density at radius 2 is 2.12 bits per heavy atom. The van der Waals surface area contributed by atoms with Crippen molar-refractivity contribution in [1.82, 2.24) is 0 Å². The van der Waals surface area contributed by atoms with Gasteiger partial charge in [0, 0.05) is 6.42 Å². The SMILES string of the molecule is CC(OC(=O)CCCO[N+](=O)[O-])C(N)C(=O)O. The molecule has 3 N–H and O–H groups in total. The molecule has 0 bridgehead atoms. The highest BCUT2D eigenvalue weighted by Gasteiger charge is 2.23. The predicted molar refractivity (Wildman–Crippen MR) is 53.3 cm³/mol. The summed E-state index contributed by atoms with van der Waals surface area (Å²) >= 11 is 0. The molecule has 0 saturated carbocycles. The number of carboxylic acid groups (broad SMARTS) is 1. The van der Waals surface area contributed by atoms with Crippen molar-refractivity contribution in [2.24, 2.45) is 5.73 Å². The number of nitrogens with zero attached hydrogens (tertiary/aromatic N) is 1. The molecule has 0 aromatic rings. The van der Waals surface area contributed by atoms with Gasteiger partial charge in [-0.3, -0.25) is 9.59 Å². The molecular weight excluding hydrogens is 236 g/mol. The number of esters is 1. The van der Waals surface area contributed by atoms with Gasteiger partial charge in [-0.1, -0.05) is 0 Å². The van der Waals surface area contributed by atoms with Crippen LogP contribution in [0.4, 0.5) is 0 Å². The van der Waals surface area contributed by atoms with E-state index in [-0.39, 0.29) is 19.4 Å². The van der Waals surface area contributed by atoms with Gasteiger partial charge >= 0.3 is 11.9 Å². The molecule has 0 heterocycles. The number of carboxylic acids is 1. The fourth-order valence-corrected chi connectivity index (χ4v) is 0.896. The predicted octanol–water partition coefficient (Wildman–Crippen LogP) is -0.681. The van der Waals surface area contributed by atoms with Crippen molar-refractivity contribution in [2.45, 2.75) is 31.9 Å². The molecule has 0 radical (unpaired) electrons. The van der Waals surface area contributed by atoms with E-state index < -0.39 is 29.2 Å². The summed E-state index contributed by atoms with van der Waals surface area (Å²) in [5.74, 6) is -1.96. The smallest absolute Gasteiger partial charge is 0.324 e. The largest absolute Gasteiger partial charge is 0.480 e. The summed E-state index contributed by atoms with van der Waals surface area (Å²) in [6.45, 7) is 1.13. The van der Waals surface area contributed by atoms with E-state index in [1.54, 1.807) is 0 Å². The van der Waals surface area contributed by atoms with Crippen molar-refractivity contribution >= 4 is 11.9 Å². The molecule has 2 unspecified atom stereocenters. The van der Waals surface area contributed by atoms with Crippen LogP contribution in [0.25, 0.3) is 0 Å². The van der Waals surface area contributed by atoms with Gasteiger partial charge < -0.3 is 20.4 Å². The number of hydrogen-bond donors (Lipinski definition) is 2. The minimum atomic E-state index is -1.30. The number of rotatable bonds is 8. The number of nitrogens with two attached hydrogens (primary N) is 1. The van der Waals surface area contributed by atoms with E-state index in [1.165, 1.54) is 6.92 Å². The molecule has 0 fully saturated rings. The fourth-order valence-electron chi connectivity index (χ4n) is 0.896. The van der Waals surface area contributed by atoms with Crippen molar-refractivity contribution in [3.8, 4) is 0 Å². The van der Waals surface area contributed by atoms with E-state index in [0.29, 0.717) is 0 Å².